The standard InChI is InChI=1S/C11H10Cl2N2O2S2/c12-7-2-1-3-8(11(7)13)15-19(16,17)10-4-5-18-9(10)6-14/h1-5,15H,6,14H2. The van der Waals surface area contributed by atoms with E-state index in [2.05, 4.69) is 4.72 Å². The second-order valence-corrected chi connectivity index (χ2v) is 7.06. The van der Waals surface area contributed by atoms with Gasteiger partial charge in [0.1, 0.15) is 4.90 Å². The Morgan fingerprint density at radius 2 is 2.00 bits per heavy atom. The molecule has 0 amide bonds. The van der Waals surface area contributed by atoms with E-state index in [1.807, 2.05) is 0 Å². The maximum absolute atomic E-state index is 12.2. The number of sulfonamides is 1. The molecule has 4 nitrogen and oxygen atoms in total. The number of nitrogens with one attached hydrogen (secondary N) is 1. The number of nitrogens with two attached hydrogens (primary N) is 1. The van der Waals surface area contributed by atoms with Crippen LogP contribution in [-0.2, 0) is 16.6 Å². The first kappa shape index (κ1) is 14.6. The van der Waals surface area contributed by atoms with Gasteiger partial charge in [-0.3, -0.25) is 4.72 Å². The lowest BCUT2D eigenvalue weighted by Crippen LogP contribution is -2.15. The van der Waals surface area contributed by atoms with Gasteiger partial charge in [0, 0.05) is 11.4 Å². The molecule has 0 radical (unpaired) electrons. The molecular weight excluding hydrogens is 327 g/mol. The fourth-order valence-electron chi connectivity index (χ4n) is 1.50. The average molecular weight is 337 g/mol. The molecule has 1 aromatic carbocycles. The third kappa shape index (κ3) is 3.04. The zero-order valence-electron chi connectivity index (χ0n) is 9.56. The minimum atomic E-state index is -3.71. The van der Waals surface area contributed by atoms with E-state index in [0.717, 1.165) is 0 Å². The first-order chi connectivity index (χ1) is 8.95. The predicted molar refractivity (Wildman–Crippen MR) is 79.5 cm³/mol. The summed E-state index contributed by atoms with van der Waals surface area (Å²) in [4.78, 5) is 0.752. The first-order valence-electron chi connectivity index (χ1n) is 5.19. The second kappa shape index (κ2) is 5.68. The van der Waals surface area contributed by atoms with Crippen molar-refractivity contribution in [3.05, 3.63) is 44.6 Å². The molecule has 1 aromatic heterocycles. The minimum Gasteiger partial charge on any atom is -0.326 e. The summed E-state index contributed by atoms with van der Waals surface area (Å²) < 4.78 is 26.9. The smallest absolute Gasteiger partial charge is 0.263 e. The summed E-state index contributed by atoms with van der Waals surface area (Å²) in [5.41, 5.74) is 5.75. The van der Waals surface area contributed by atoms with Crippen LogP contribution in [-0.4, -0.2) is 8.42 Å². The van der Waals surface area contributed by atoms with Crippen molar-refractivity contribution >= 4 is 50.2 Å². The number of thiophene rings is 1. The maximum Gasteiger partial charge on any atom is 0.263 e. The van der Waals surface area contributed by atoms with Gasteiger partial charge in [0.2, 0.25) is 0 Å². The Labute approximate surface area is 125 Å². The Hall–Kier alpha value is -0.790. The number of halogens is 2. The van der Waals surface area contributed by atoms with Gasteiger partial charge in [-0.15, -0.1) is 11.3 Å². The van der Waals surface area contributed by atoms with E-state index in [1.165, 1.54) is 17.4 Å². The van der Waals surface area contributed by atoms with Crippen molar-refractivity contribution in [3.8, 4) is 0 Å². The van der Waals surface area contributed by atoms with E-state index < -0.39 is 10.0 Å². The van der Waals surface area contributed by atoms with Crippen molar-refractivity contribution < 1.29 is 8.42 Å². The van der Waals surface area contributed by atoms with Crippen LogP contribution in [0.25, 0.3) is 0 Å². The number of hydrogen-bond acceptors (Lipinski definition) is 4. The molecule has 3 N–H and O–H groups in total. The van der Waals surface area contributed by atoms with Gasteiger partial charge in [0.05, 0.1) is 15.7 Å². The largest absolute Gasteiger partial charge is 0.326 e. The number of hydrogen-bond donors (Lipinski definition) is 2. The molecule has 0 spiro atoms. The molecule has 0 aliphatic rings. The summed E-state index contributed by atoms with van der Waals surface area (Å²) in [7, 11) is -3.71. The lowest BCUT2D eigenvalue weighted by Gasteiger charge is -2.10. The molecule has 0 aliphatic carbocycles. The molecule has 0 bridgehead atoms. The Morgan fingerprint density at radius 3 is 2.68 bits per heavy atom. The molecule has 0 saturated heterocycles. The molecule has 0 saturated carbocycles. The SMILES string of the molecule is NCc1sccc1S(=O)(=O)Nc1cccc(Cl)c1Cl. The Balaban J connectivity index is 2.40. The number of benzene rings is 1. The highest BCUT2D eigenvalue weighted by molar-refractivity contribution is 7.93. The van der Waals surface area contributed by atoms with E-state index in [4.69, 9.17) is 28.9 Å². The maximum atomic E-state index is 12.2. The monoisotopic (exact) mass is 336 g/mol. The van der Waals surface area contributed by atoms with Crippen LogP contribution in [0.1, 0.15) is 4.88 Å². The highest BCUT2D eigenvalue weighted by Crippen LogP contribution is 2.32. The summed E-state index contributed by atoms with van der Waals surface area (Å²) in [5.74, 6) is 0. The Kier molecular flexibility index (Phi) is 4.37. The second-order valence-electron chi connectivity index (χ2n) is 3.62. The molecule has 2 rings (SSSR count). The topological polar surface area (TPSA) is 72.2 Å². The normalized spacial score (nSPS) is 11.5. The fourth-order valence-corrected chi connectivity index (χ4v) is 4.31. The quantitative estimate of drug-likeness (QED) is 0.899. The van der Waals surface area contributed by atoms with Gasteiger partial charge in [0.25, 0.3) is 10.0 Å². The zero-order valence-corrected chi connectivity index (χ0v) is 12.7. The van der Waals surface area contributed by atoms with Crippen LogP contribution in [0, 0.1) is 0 Å². The van der Waals surface area contributed by atoms with Crippen molar-refractivity contribution in [1.82, 2.24) is 0 Å². The highest BCUT2D eigenvalue weighted by atomic mass is 35.5. The van der Waals surface area contributed by atoms with Crippen molar-refractivity contribution in [2.45, 2.75) is 11.4 Å². The Bertz CT molecular complexity index is 698. The average Bonchev–Trinajstić information content (AvgIpc) is 2.84. The summed E-state index contributed by atoms with van der Waals surface area (Å²) in [6.45, 7) is 0.164. The van der Waals surface area contributed by atoms with E-state index >= 15 is 0 Å². The molecule has 1 heterocycles. The zero-order chi connectivity index (χ0) is 14.0. The van der Waals surface area contributed by atoms with Crippen LogP contribution in [0.3, 0.4) is 0 Å². The molecular formula is C11H10Cl2N2O2S2. The number of rotatable bonds is 4. The van der Waals surface area contributed by atoms with Crippen LogP contribution >= 0.6 is 34.5 Å². The third-order valence-electron chi connectivity index (χ3n) is 2.38. The third-order valence-corrected chi connectivity index (χ3v) is 5.72. The summed E-state index contributed by atoms with van der Waals surface area (Å²) in [5, 5.41) is 2.12. The van der Waals surface area contributed by atoms with Crippen LogP contribution < -0.4 is 10.5 Å². The van der Waals surface area contributed by atoms with Crippen molar-refractivity contribution in [1.29, 1.82) is 0 Å². The van der Waals surface area contributed by atoms with Gasteiger partial charge < -0.3 is 5.73 Å². The van der Waals surface area contributed by atoms with Gasteiger partial charge >= 0.3 is 0 Å². The Morgan fingerprint density at radius 1 is 1.26 bits per heavy atom. The van der Waals surface area contributed by atoms with Crippen molar-refractivity contribution in [3.63, 3.8) is 0 Å². The van der Waals surface area contributed by atoms with Gasteiger partial charge in [-0.2, -0.15) is 0 Å². The first-order valence-corrected chi connectivity index (χ1v) is 8.31. The van der Waals surface area contributed by atoms with Crippen molar-refractivity contribution in [2.75, 3.05) is 4.72 Å². The molecule has 0 aliphatic heterocycles. The lowest BCUT2D eigenvalue weighted by molar-refractivity contribution is 0.600. The molecule has 2 aromatic rings. The van der Waals surface area contributed by atoms with Crippen molar-refractivity contribution in [2.24, 2.45) is 5.73 Å². The van der Waals surface area contributed by atoms with Gasteiger partial charge in [-0.25, -0.2) is 8.42 Å². The predicted octanol–water partition coefficient (Wildman–Crippen LogP) is 3.31. The molecule has 0 atom stereocenters. The number of anilines is 1. The summed E-state index contributed by atoms with van der Waals surface area (Å²) >= 11 is 13.1. The van der Waals surface area contributed by atoms with Crippen LogP contribution in [0.15, 0.2) is 34.5 Å². The summed E-state index contributed by atoms with van der Waals surface area (Å²) in [6.07, 6.45) is 0. The lowest BCUT2D eigenvalue weighted by atomic mass is 10.3. The summed E-state index contributed by atoms with van der Waals surface area (Å²) in [6, 6.07) is 6.25. The van der Waals surface area contributed by atoms with Gasteiger partial charge in [-0.1, -0.05) is 29.3 Å². The van der Waals surface area contributed by atoms with Gasteiger partial charge in [0.15, 0.2) is 0 Å². The van der Waals surface area contributed by atoms with Crippen LogP contribution in [0.2, 0.25) is 10.0 Å². The highest BCUT2D eigenvalue weighted by Gasteiger charge is 2.20. The van der Waals surface area contributed by atoms with E-state index in [9.17, 15) is 8.42 Å². The minimum absolute atomic E-state index is 0.163. The molecule has 102 valence electrons. The molecule has 8 heteroatoms. The molecule has 0 fully saturated rings. The van der Waals surface area contributed by atoms with Crippen LogP contribution in [0.4, 0.5) is 5.69 Å². The van der Waals surface area contributed by atoms with E-state index in [-0.39, 0.29) is 27.2 Å². The van der Waals surface area contributed by atoms with Gasteiger partial charge in [-0.05, 0) is 23.6 Å². The molecule has 19 heavy (non-hydrogen) atoms. The van der Waals surface area contributed by atoms with E-state index in [1.54, 1.807) is 23.6 Å². The fraction of sp³-hybridized carbons (Fsp3) is 0.0909. The van der Waals surface area contributed by atoms with E-state index in [0.29, 0.717) is 4.88 Å². The van der Waals surface area contributed by atoms with Crippen LogP contribution in [0.5, 0.6) is 0 Å². The molecule has 0 unspecified atom stereocenters.